The normalized spacial score (nSPS) is 28.3. The summed E-state index contributed by atoms with van der Waals surface area (Å²) in [7, 11) is 5.70. The van der Waals surface area contributed by atoms with Crippen molar-refractivity contribution in [1.82, 2.24) is 0 Å². The minimum absolute atomic E-state index is 0.0393. The van der Waals surface area contributed by atoms with E-state index in [1.807, 2.05) is 0 Å². The number of phenols is 1. The number of esters is 1. The maximum atomic E-state index is 11.8. The molecule has 0 spiro atoms. The van der Waals surface area contributed by atoms with Gasteiger partial charge in [0.05, 0.1) is 54.4 Å². The molecule has 5 N–H and O–H groups in total. The zero-order valence-electron chi connectivity index (χ0n) is 25.2. The van der Waals surface area contributed by atoms with Crippen LogP contribution in [0.2, 0.25) is 0 Å². The predicted octanol–water partition coefficient (Wildman–Crippen LogP) is 0.715. The molecule has 4 rings (SSSR count). The number of benzene rings is 2. The molecule has 0 aromatic heterocycles. The van der Waals surface area contributed by atoms with Crippen LogP contribution in [0, 0.1) is 11.8 Å². The highest BCUT2D eigenvalue weighted by Gasteiger charge is 2.46. The van der Waals surface area contributed by atoms with E-state index in [0.29, 0.717) is 18.6 Å². The zero-order valence-corrected chi connectivity index (χ0v) is 25.2. The Balaban J connectivity index is 1.64. The number of aliphatic hydroxyl groups is 4. The molecule has 0 radical (unpaired) electrons. The van der Waals surface area contributed by atoms with Gasteiger partial charge in [0.25, 0.3) is 0 Å². The van der Waals surface area contributed by atoms with E-state index in [9.17, 15) is 30.3 Å². The van der Waals surface area contributed by atoms with Gasteiger partial charge in [0.15, 0.2) is 23.0 Å². The number of rotatable bonds is 12. The van der Waals surface area contributed by atoms with E-state index in [-0.39, 0.29) is 52.9 Å². The number of methoxy groups -OCH3 is 4. The molecule has 14 heteroatoms. The summed E-state index contributed by atoms with van der Waals surface area (Å²) in [4.78, 5) is 11.8. The Morgan fingerprint density at radius 2 is 1.48 bits per heavy atom. The molecule has 0 bridgehead atoms. The molecule has 2 aromatic rings. The quantitative estimate of drug-likeness (QED) is 0.207. The van der Waals surface area contributed by atoms with Gasteiger partial charge < -0.3 is 63.4 Å². The summed E-state index contributed by atoms with van der Waals surface area (Å²) < 4.78 is 44.9. The Morgan fingerprint density at radius 3 is 2.00 bits per heavy atom. The third-order valence-corrected chi connectivity index (χ3v) is 7.89. The van der Waals surface area contributed by atoms with Gasteiger partial charge in [-0.05, 0) is 47.7 Å². The van der Waals surface area contributed by atoms with Gasteiger partial charge in [-0.1, -0.05) is 0 Å². The largest absolute Gasteiger partial charge is 0.502 e. The third-order valence-electron chi connectivity index (χ3n) is 7.89. The lowest BCUT2D eigenvalue weighted by Crippen LogP contribution is -2.60. The maximum Gasteiger partial charge on any atom is 0.302 e. The van der Waals surface area contributed by atoms with Gasteiger partial charge in [-0.3, -0.25) is 4.79 Å². The molecule has 44 heavy (non-hydrogen) atoms. The second kappa shape index (κ2) is 14.5. The summed E-state index contributed by atoms with van der Waals surface area (Å²) in [5, 5.41) is 50.7. The lowest BCUT2D eigenvalue weighted by atomic mass is 9.84. The number of hydrogen-bond acceptors (Lipinski definition) is 14. The van der Waals surface area contributed by atoms with E-state index >= 15 is 0 Å². The maximum absolute atomic E-state index is 11.8. The van der Waals surface area contributed by atoms with Gasteiger partial charge in [0.2, 0.25) is 17.8 Å². The van der Waals surface area contributed by atoms with Crippen molar-refractivity contribution in [2.24, 2.45) is 11.8 Å². The SMILES string of the molecule is COc1cc(C[C@H]2CO[C@H](c3cc(OC)c(O[C@@H]4O[C@H](CO)[C@@H](O)[C@H](O)[C@H]4O)c(OC)c3)[C@H]2COC(C)=O)cc(OC)c1O. The molecule has 2 aromatic carbocycles. The summed E-state index contributed by atoms with van der Waals surface area (Å²) >= 11 is 0. The van der Waals surface area contributed by atoms with E-state index in [0.717, 1.165) is 5.56 Å². The smallest absolute Gasteiger partial charge is 0.302 e. The average Bonchev–Trinajstić information content (AvgIpc) is 3.42. The highest BCUT2D eigenvalue weighted by Crippen LogP contribution is 2.47. The molecular formula is C30H40O14. The van der Waals surface area contributed by atoms with Crippen LogP contribution >= 0.6 is 0 Å². The first-order valence-corrected chi connectivity index (χ1v) is 14.0. The topological polar surface area (TPSA) is 192 Å². The molecule has 0 amide bonds. The van der Waals surface area contributed by atoms with Crippen LogP contribution in [0.3, 0.4) is 0 Å². The van der Waals surface area contributed by atoms with Crippen LogP contribution < -0.4 is 23.7 Å². The molecule has 2 aliphatic heterocycles. The molecule has 0 aliphatic carbocycles. The Hall–Kier alpha value is -3.53. The summed E-state index contributed by atoms with van der Waals surface area (Å²) in [5.41, 5.74) is 1.44. The molecular weight excluding hydrogens is 584 g/mol. The second-order valence-electron chi connectivity index (χ2n) is 10.6. The van der Waals surface area contributed by atoms with Crippen LogP contribution in [-0.4, -0.2) is 110 Å². The summed E-state index contributed by atoms with van der Waals surface area (Å²) in [6, 6.07) is 6.74. The third kappa shape index (κ3) is 6.90. The van der Waals surface area contributed by atoms with Crippen molar-refractivity contribution < 1.29 is 68.2 Å². The Kier molecular flexibility index (Phi) is 11.0. The van der Waals surface area contributed by atoms with Crippen molar-refractivity contribution >= 4 is 5.97 Å². The van der Waals surface area contributed by atoms with Crippen molar-refractivity contribution in [3.63, 3.8) is 0 Å². The van der Waals surface area contributed by atoms with Gasteiger partial charge in [-0.15, -0.1) is 0 Å². The Labute approximate surface area is 254 Å². The predicted molar refractivity (Wildman–Crippen MR) is 151 cm³/mol. The molecule has 2 heterocycles. The van der Waals surface area contributed by atoms with Gasteiger partial charge in [-0.25, -0.2) is 0 Å². The van der Waals surface area contributed by atoms with Crippen molar-refractivity contribution in [3.8, 4) is 34.5 Å². The first-order chi connectivity index (χ1) is 21.1. The van der Waals surface area contributed by atoms with Crippen LogP contribution in [0.15, 0.2) is 24.3 Å². The van der Waals surface area contributed by atoms with Crippen molar-refractivity contribution in [3.05, 3.63) is 35.4 Å². The monoisotopic (exact) mass is 624 g/mol. The fourth-order valence-electron chi connectivity index (χ4n) is 5.54. The van der Waals surface area contributed by atoms with Crippen LogP contribution in [-0.2, 0) is 25.4 Å². The van der Waals surface area contributed by atoms with Gasteiger partial charge >= 0.3 is 5.97 Å². The summed E-state index contributed by atoms with van der Waals surface area (Å²) in [6.45, 7) is 1.08. The molecule has 244 valence electrons. The van der Waals surface area contributed by atoms with E-state index in [2.05, 4.69) is 0 Å². The average molecular weight is 625 g/mol. The van der Waals surface area contributed by atoms with Crippen molar-refractivity contribution in [2.75, 3.05) is 48.3 Å². The van der Waals surface area contributed by atoms with Crippen LogP contribution in [0.1, 0.15) is 24.2 Å². The van der Waals surface area contributed by atoms with Gasteiger partial charge in [0.1, 0.15) is 24.4 Å². The molecule has 2 saturated heterocycles. The highest BCUT2D eigenvalue weighted by molar-refractivity contribution is 5.66. The van der Waals surface area contributed by atoms with Gasteiger partial charge in [-0.2, -0.15) is 0 Å². The number of aromatic hydroxyl groups is 1. The summed E-state index contributed by atoms with van der Waals surface area (Å²) in [6.07, 6.45) is -7.55. The number of aliphatic hydroxyl groups excluding tert-OH is 4. The molecule has 8 atom stereocenters. The number of carbonyl (C=O) groups excluding carboxylic acids is 1. The number of hydrogen-bond donors (Lipinski definition) is 5. The fourth-order valence-corrected chi connectivity index (χ4v) is 5.54. The number of carbonyl (C=O) groups is 1. The standard InChI is InChI=1S/C30H40O14/c1-14(32)41-13-18-17(6-15-7-19(37-2)24(33)20(8-15)38-3)12-42-28(18)16-9-21(39-4)29(22(10-16)40-5)44-30-27(36)26(35)25(34)23(11-31)43-30/h7-10,17-18,23,25-28,30-31,33-36H,6,11-13H2,1-5H3/t17-,18-,23+,25+,26-,27+,28+,30-/m0/s1. The first-order valence-electron chi connectivity index (χ1n) is 14.0. The second-order valence-corrected chi connectivity index (χ2v) is 10.6. The molecule has 0 saturated carbocycles. The molecule has 2 aliphatic rings. The van der Waals surface area contributed by atoms with E-state index in [1.54, 1.807) is 24.3 Å². The zero-order chi connectivity index (χ0) is 32.1. The lowest BCUT2D eigenvalue weighted by molar-refractivity contribution is -0.277. The van der Waals surface area contributed by atoms with Crippen molar-refractivity contribution in [1.29, 1.82) is 0 Å². The Bertz CT molecular complexity index is 1230. The van der Waals surface area contributed by atoms with E-state index in [1.165, 1.54) is 35.4 Å². The van der Waals surface area contributed by atoms with Crippen LogP contribution in [0.25, 0.3) is 0 Å². The minimum atomic E-state index is -1.65. The highest BCUT2D eigenvalue weighted by atomic mass is 16.7. The van der Waals surface area contributed by atoms with E-state index in [4.69, 9.17) is 37.9 Å². The molecule has 14 nitrogen and oxygen atoms in total. The van der Waals surface area contributed by atoms with Gasteiger partial charge in [0, 0.05) is 12.8 Å². The van der Waals surface area contributed by atoms with E-state index < -0.39 is 49.4 Å². The first kappa shape index (κ1) is 33.4. The lowest BCUT2D eigenvalue weighted by Gasteiger charge is -2.39. The van der Waals surface area contributed by atoms with Crippen LogP contribution in [0.4, 0.5) is 0 Å². The number of ether oxygens (including phenoxy) is 8. The Morgan fingerprint density at radius 1 is 0.886 bits per heavy atom. The molecule has 2 fully saturated rings. The molecule has 0 unspecified atom stereocenters. The van der Waals surface area contributed by atoms with Crippen LogP contribution in [0.5, 0.6) is 34.5 Å². The minimum Gasteiger partial charge on any atom is -0.502 e. The fraction of sp³-hybridized carbons (Fsp3) is 0.567. The summed E-state index contributed by atoms with van der Waals surface area (Å²) in [5.74, 6) is -0.0623. The number of phenolic OH excluding ortho intramolecular Hbond substituents is 1. The van der Waals surface area contributed by atoms with Crippen molar-refractivity contribution in [2.45, 2.75) is 50.2 Å².